The third-order valence-electron chi connectivity index (χ3n) is 8.23. The van der Waals surface area contributed by atoms with Crippen molar-refractivity contribution >= 4 is 11.9 Å². The normalized spacial score (nSPS) is 26.5. The van der Waals surface area contributed by atoms with Gasteiger partial charge in [-0.1, -0.05) is 37.3 Å². The standard InChI is InChI=1S/C29H39N3O3/c1-3-11-31(28(34)30-29-15-23-12-24(16-29)14-25(13-23)17-29)20-27(33)32(18-22-7-5-4-6-8-22)19-26-10-9-21(2)35-26/h4-10,23-25H,3,11-20H2,1-2H3,(H,30,34). The Balaban J connectivity index is 1.28. The molecule has 0 spiro atoms. The van der Waals surface area contributed by atoms with E-state index in [9.17, 15) is 9.59 Å². The molecule has 1 aromatic heterocycles. The monoisotopic (exact) mass is 477 g/mol. The van der Waals surface area contributed by atoms with Crippen LogP contribution in [0.25, 0.3) is 0 Å². The molecule has 2 aromatic rings. The molecule has 35 heavy (non-hydrogen) atoms. The van der Waals surface area contributed by atoms with E-state index < -0.39 is 0 Å². The first-order valence-electron chi connectivity index (χ1n) is 13.4. The molecule has 4 bridgehead atoms. The van der Waals surface area contributed by atoms with Crippen LogP contribution in [0.5, 0.6) is 0 Å². The van der Waals surface area contributed by atoms with Gasteiger partial charge in [-0.05, 0) is 87.3 Å². The SMILES string of the molecule is CCCN(CC(=O)N(Cc1ccccc1)Cc1ccc(C)o1)C(=O)NC12CC3CC(CC(C3)C1)C2. The summed E-state index contributed by atoms with van der Waals surface area (Å²) in [5, 5.41) is 3.45. The highest BCUT2D eigenvalue weighted by atomic mass is 16.3. The van der Waals surface area contributed by atoms with E-state index in [1.165, 1.54) is 19.3 Å². The van der Waals surface area contributed by atoms with Crippen LogP contribution < -0.4 is 5.32 Å². The van der Waals surface area contributed by atoms with Gasteiger partial charge in [0, 0.05) is 18.6 Å². The first kappa shape index (κ1) is 24.0. The molecule has 0 aliphatic heterocycles. The number of carbonyl (C=O) groups is 2. The largest absolute Gasteiger partial charge is 0.464 e. The number of urea groups is 1. The van der Waals surface area contributed by atoms with Crippen molar-refractivity contribution in [2.45, 2.75) is 77.4 Å². The summed E-state index contributed by atoms with van der Waals surface area (Å²) in [6.07, 6.45) is 8.16. The van der Waals surface area contributed by atoms with Crippen molar-refractivity contribution in [3.8, 4) is 0 Å². The van der Waals surface area contributed by atoms with E-state index in [1.807, 2.05) is 49.4 Å². The highest BCUT2D eigenvalue weighted by Gasteiger charge is 2.51. The number of carbonyl (C=O) groups excluding carboxylic acids is 2. The summed E-state index contributed by atoms with van der Waals surface area (Å²) in [4.78, 5) is 30.6. The van der Waals surface area contributed by atoms with Crippen LogP contribution in [0.1, 0.15) is 69.0 Å². The summed E-state index contributed by atoms with van der Waals surface area (Å²) in [6.45, 7) is 5.49. The summed E-state index contributed by atoms with van der Waals surface area (Å²) in [5.74, 6) is 3.82. The summed E-state index contributed by atoms with van der Waals surface area (Å²) in [6, 6.07) is 13.8. The lowest BCUT2D eigenvalue weighted by molar-refractivity contribution is -0.133. The highest BCUT2D eigenvalue weighted by molar-refractivity contribution is 5.84. The lowest BCUT2D eigenvalue weighted by atomic mass is 9.53. The smallest absolute Gasteiger partial charge is 0.318 e. The molecule has 4 aliphatic carbocycles. The average molecular weight is 478 g/mol. The van der Waals surface area contributed by atoms with Crippen LogP contribution in [0.15, 0.2) is 46.9 Å². The second kappa shape index (κ2) is 10.1. The first-order valence-corrected chi connectivity index (χ1v) is 13.4. The lowest BCUT2D eigenvalue weighted by Crippen LogP contribution is -2.62. The van der Waals surface area contributed by atoms with Crippen molar-refractivity contribution in [1.29, 1.82) is 0 Å². The minimum atomic E-state index is -0.0735. The van der Waals surface area contributed by atoms with Crippen molar-refractivity contribution in [1.82, 2.24) is 15.1 Å². The Labute approximate surface area is 209 Å². The van der Waals surface area contributed by atoms with Crippen LogP contribution >= 0.6 is 0 Å². The number of furan rings is 1. The molecule has 6 heteroatoms. The van der Waals surface area contributed by atoms with Crippen LogP contribution in [0, 0.1) is 24.7 Å². The zero-order valence-corrected chi connectivity index (χ0v) is 21.2. The van der Waals surface area contributed by atoms with Gasteiger partial charge < -0.3 is 19.5 Å². The second-order valence-corrected chi connectivity index (χ2v) is 11.3. The Morgan fingerprint density at radius 2 is 1.60 bits per heavy atom. The number of rotatable bonds is 9. The third kappa shape index (κ3) is 5.57. The Morgan fingerprint density at radius 3 is 2.17 bits per heavy atom. The number of hydrogen-bond acceptors (Lipinski definition) is 3. The molecule has 3 amide bonds. The van der Waals surface area contributed by atoms with E-state index in [0.717, 1.165) is 60.5 Å². The molecule has 0 radical (unpaired) electrons. The molecule has 0 atom stereocenters. The van der Waals surface area contributed by atoms with Crippen LogP contribution in [-0.4, -0.2) is 40.4 Å². The van der Waals surface area contributed by atoms with E-state index in [4.69, 9.17) is 4.42 Å². The van der Waals surface area contributed by atoms with E-state index in [-0.39, 0.29) is 24.0 Å². The molecule has 0 unspecified atom stereocenters. The molecule has 188 valence electrons. The second-order valence-electron chi connectivity index (χ2n) is 11.3. The van der Waals surface area contributed by atoms with E-state index in [2.05, 4.69) is 12.2 Å². The fourth-order valence-electron chi connectivity index (χ4n) is 7.15. The minimum absolute atomic E-state index is 0.0583. The highest BCUT2D eigenvalue weighted by Crippen LogP contribution is 2.55. The number of benzene rings is 1. The van der Waals surface area contributed by atoms with Crippen LogP contribution in [0.4, 0.5) is 4.79 Å². The lowest BCUT2D eigenvalue weighted by Gasteiger charge is -2.57. The predicted octanol–water partition coefficient (Wildman–Crippen LogP) is 5.51. The molecule has 1 N–H and O–H groups in total. The van der Waals surface area contributed by atoms with Gasteiger partial charge in [0.15, 0.2) is 0 Å². The molecule has 4 saturated carbocycles. The van der Waals surface area contributed by atoms with Crippen molar-refractivity contribution in [3.63, 3.8) is 0 Å². The van der Waals surface area contributed by atoms with Gasteiger partial charge in [-0.15, -0.1) is 0 Å². The van der Waals surface area contributed by atoms with Crippen LogP contribution in [-0.2, 0) is 17.9 Å². The number of aryl methyl sites for hydroxylation is 1. The van der Waals surface area contributed by atoms with Gasteiger partial charge in [-0.2, -0.15) is 0 Å². The summed E-state index contributed by atoms with van der Waals surface area (Å²) >= 11 is 0. The Hall–Kier alpha value is -2.76. The number of amides is 3. The molecule has 0 saturated heterocycles. The van der Waals surface area contributed by atoms with Crippen molar-refractivity contribution in [3.05, 3.63) is 59.5 Å². The van der Waals surface area contributed by atoms with Gasteiger partial charge in [0.25, 0.3) is 0 Å². The Kier molecular flexibility index (Phi) is 6.90. The molecule has 4 fully saturated rings. The Bertz CT molecular complexity index is 996. The van der Waals surface area contributed by atoms with E-state index in [1.54, 1.807) is 9.80 Å². The van der Waals surface area contributed by atoms with Crippen molar-refractivity contribution in [2.75, 3.05) is 13.1 Å². The van der Waals surface area contributed by atoms with Gasteiger partial charge in [0.1, 0.15) is 18.1 Å². The zero-order chi connectivity index (χ0) is 24.4. The third-order valence-corrected chi connectivity index (χ3v) is 8.23. The van der Waals surface area contributed by atoms with Crippen LogP contribution in [0.3, 0.4) is 0 Å². The number of nitrogens with one attached hydrogen (secondary N) is 1. The van der Waals surface area contributed by atoms with Gasteiger partial charge in [0.2, 0.25) is 5.91 Å². The maximum atomic E-state index is 13.6. The molecule has 1 aromatic carbocycles. The predicted molar refractivity (Wildman–Crippen MR) is 135 cm³/mol. The summed E-state index contributed by atoms with van der Waals surface area (Å²) < 4.78 is 5.77. The topological polar surface area (TPSA) is 65.8 Å². The van der Waals surface area contributed by atoms with Gasteiger partial charge >= 0.3 is 6.03 Å². The molecule has 4 aliphatic rings. The molecular weight excluding hydrogens is 438 g/mol. The minimum Gasteiger partial charge on any atom is -0.464 e. The maximum absolute atomic E-state index is 13.6. The Morgan fingerprint density at radius 1 is 0.943 bits per heavy atom. The average Bonchev–Trinajstić information content (AvgIpc) is 3.22. The number of hydrogen-bond donors (Lipinski definition) is 1. The van der Waals surface area contributed by atoms with E-state index >= 15 is 0 Å². The fraction of sp³-hybridized carbons (Fsp3) is 0.586. The van der Waals surface area contributed by atoms with Crippen molar-refractivity contribution in [2.24, 2.45) is 17.8 Å². The maximum Gasteiger partial charge on any atom is 0.318 e. The summed E-state index contributed by atoms with van der Waals surface area (Å²) in [7, 11) is 0. The molecular formula is C29H39N3O3. The quantitative estimate of drug-likeness (QED) is 0.518. The number of nitrogens with zero attached hydrogens (tertiary/aromatic N) is 2. The fourth-order valence-corrected chi connectivity index (χ4v) is 7.15. The zero-order valence-electron chi connectivity index (χ0n) is 21.2. The summed E-state index contributed by atoms with van der Waals surface area (Å²) in [5.41, 5.74) is 1.00. The molecule has 6 rings (SSSR count). The van der Waals surface area contributed by atoms with Crippen LogP contribution in [0.2, 0.25) is 0 Å². The van der Waals surface area contributed by atoms with Gasteiger partial charge in [-0.25, -0.2) is 4.79 Å². The molecule has 6 nitrogen and oxygen atoms in total. The van der Waals surface area contributed by atoms with Gasteiger partial charge in [0.05, 0.1) is 6.54 Å². The first-order chi connectivity index (χ1) is 16.9. The van der Waals surface area contributed by atoms with Gasteiger partial charge in [-0.3, -0.25) is 4.79 Å². The van der Waals surface area contributed by atoms with Crippen molar-refractivity contribution < 1.29 is 14.0 Å². The molecule has 1 heterocycles. The van der Waals surface area contributed by atoms with E-state index in [0.29, 0.717) is 19.6 Å².